The van der Waals surface area contributed by atoms with Gasteiger partial charge in [-0.1, -0.05) is 24.3 Å². The van der Waals surface area contributed by atoms with Gasteiger partial charge in [0.25, 0.3) is 0 Å². The lowest BCUT2D eigenvalue weighted by Gasteiger charge is -2.14. The maximum atomic E-state index is 10.8. The summed E-state index contributed by atoms with van der Waals surface area (Å²) in [6.45, 7) is 3.29. The van der Waals surface area contributed by atoms with Crippen LogP contribution in [0.15, 0.2) is 60.1 Å². The number of allylic oxidation sites excluding steroid dienone is 1. The molecule has 2 rings (SSSR count). The van der Waals surface area contributed by atoms with Gasteiger partial charge in [-0.05, 0) is 36.2 Å². The number of hydrogen-bond acceptors (Lipinski definition) is 4. The molecule has 0 aromatic heterocycles. The number of methoxy groups -OCH3 is 1. The monoisotopic (exact) mass is 325 g/mol. The number of aliphatic imine (C=N–C) groups is 1. The second kappa shape index (κ2) is 8.53. The van der Waals surface area contributed by atoms with Crippen LogP contribution in [0.4, 0.5) is 5.69 Å². The van der Waals surface area contributed by atoms with Gasteiger partial charge in [0.2, 0.25) is 0 Å². The fraction of sp³-hybridized carbons (Fsp3) is 0.158. The summed E-state index contributed by atoms with van der Waals surface area (Å²) in [5, 5.41) is 8.82. The maximum absolute atomic E-state index is 10.8. The quantitative estimate of drug-likeness (QED) is 0.594. The zero-order valence-corrected chi connectivity index (χ0v) is 13.4. The first-order valence-electron chi connectivity index (χ1n) is 7.39. The first kappa shape index (κ1) is 17.3. The molecule has 0 unspecified atom stereocenters. The van der Waals surface area contributed by atoms with E-state index in [2.05, 4.69) is 11.6 Å². The van der Waals surface area contributed by atoms with E-state index in [-0.39, 0.29) is 0 Å². The summed E-state index contributed by atoms with van der Waals surface area (Å²) in [5.41, 5.74) is 2.46. The van der Waals surface area contributed by atoms with Gasteiger partial charge in [0.05, 0.1) is 12.8 Å². The minimum atomic E-state index is -1.05. The molecule has 0 fully saturated rings. The Bertz CT molecular complexity index is 739. The lowest BCUT2D eigenvalue weighted by atomic mass is 10.1. The van der Waals surface area contributed by atoms with Gasteiger partial charge < -0.3 is 14.6 Å². The molecule has 0 aliphatic rings. The number of carboxylic acid groups (broad SMARTS) is 1. The molecular formula is C19H19NO4. The molecule has 0 bridgehead atoms. The average molecular weight is 325 g/mol. The van der Waals surface area contributed by atoms with Crippen LogP contribution < -0.4 is 9.47 Å². The molecule has 5 heteroatoms. The summed E-state index contributed by atoms with van der Waals surface area (Å²) in [4.78, 5) is 15.2. The van der Waals surface area contributed by atoms with Crippen LogP contribution in [0.1, 0.15) is 11.1 Å². The predicted molar refractivity (Wildman–Crippen MR) is 93.7 cm³/mol. The van der Waals surface area contributed by atoms with Gasteiger partial charge in [-0.15, -0.1) is 6.58 Å². The van der Waals surface area contributed by atoms with E-state index in [1.54, 1.807) is 18.4 Å². The van der Waals surface area contributed by atoms with E-state index in [1.807, 2.05) is 36.4 Å². The number of aliphatic carboxylic acids is 1. The Labute approximate surface area is 140 Å². The smallest absolute Gasteiger partial charge is 0.341 e. The summed E-state index contributed by atoms with van der Waals surface area (Å²) in [5.74, 6) is -0.168. The van der Waals surface area contributed by atoms with Crippen molar-refractivity contribution in [2.75, 3.05) is 13.7 Å². The molecular weight excluding hydrogens is 306 g/mol. The van der Waals surface area contributed by atoms with Crippen molar-refractivity contribution in [3.05, 3.63) is 66.2 Å². The highest BCUT2D eigenvalue weighted by Gasteiger charge is 2.13. The molecule has 1 N–H and O–H groups in total. The molecule has 0 aliphatic heterocycles. The summed E-state index contributed by atoms with van der Waals surface area (Å²) in [6.07, 6.45) is 3.98. The van der Waals surface area contributed by atoms with Crippen molar-refractivity contribution in [1.29, 1.82) is 0 Å². The fourth-order valence-corrected chi connectivity index (χ4v) is 2.18. The molecule has 124 valence electrons. The van der Waals surface area contributed by atoms with Gasteiger partial charge >= 0.3 is 5.97 Å². The minimum Gasteiger partial charge on any atom is -0.493 e. The van der Waals surface area contributed by atoms with Crippen LogP contribution in [-0.4, -0.2) is 31.0 Å². The van der Waals surface area contributed by atoms with Crippen molar-refractivity contribution in [3.8, 4) is 11.5 Å². The van der Waals surface area contributed by atoms with Crippen LogP contribution in [0.2, 0.25) is 0 Å². The van der Waals surface area contributed by atoms with E-state index in [9.17, 15) is 4.79 Å². The highest BCUT2D eigenvalue weighted by Crippen LogP contribution is 2.33. The molecule has 2 aromatic rings. The summed E-state index contributed by atoms with van der Waals surface area (Å²) in [6, 6.07) is 13.2. The van der Waals surface area contributed by atoms with Gasteiger partial charge in [-0.2, -0.15) is 0 Å². The lowest BCUT2D eigenvalue weighted by molar-refractivity contribution is -0.139. The van der Waals surface area contributed by atoms with Crippen LogP contribution in [-0.2, 0) is 11.2 Å². The number of benzene rings is 2. The van der Waals surface area contributed by atoms with E-state index >= 15 is 0 Å². The fourth-order valence-electron chi connectivity index (χ4n) is 2.18. The van der Waals surface area contributed by atoms with Crippen LogP contribution in [0.3, 0.4) is 0 Å². The van der Waals surface area contributed by atoms with Crippen molar-refractivity contribution in [1.82, 2.24) is 0 Å². The number of carboxylic acids is 1. The Morgan fingerprint density at radius 1 is 1.29 bits per heavy atom. The van der Waals surface area contributed by atoms with E-state index in [0.717, 1.165) is 16.8 Å². The SMILES string of the molecule is C=CCc1cc(C=Nc2ccccc2)cc(OC)c1OCC(=O)O. The first-order valence-corrected chi connectivity index (χ1v) is 7.39. The van der Waals surface area contributed by atoms with Crippen LogP contribution in [0.25, 0.3) is 0 Å². The molecule has 0 spiro atoms. The van der Waals surface area contributed by atoms with Gasteiger partial charge in [-0.3, -0.25) is 4.99 Å². The Morgan fingerprint density at radius 2 is 2.04 bits per heavy atom. The van der Waals surface area contributed by atoms with Gasteiger partial charge in [0.1, 0.15) is 0 Å². The van der Waals surface area contributed by atoms with Crippen molar-refractivity contribution < 1.29 is 19.4 Å². The number of rotatable bonds is 8. The molecule has 2 aromatic carbocycles. The Hall–Kier alpha value is -3.08. The summed E-state index contributed by atoms with van der Waals surface area (Å²) >= 11 is 0. The summed E-state index contributed by atoms with van der Waals surface area (Å²) < 4.78 is 10.7. The third-order valence-corrected chi connectivity index (χ3v) is 3.20. The molecule has 0 amide bonds. The third-order valence-electron chi connectivity index (χ3n) is 3.20. The number of hydrogen-bond donors (Lipinski definition) is 1. The molecule has 0 radical (unpaired) electrons. The summed E-state index contributed by atoms with van der Waals surface area (Å²) in [7, 11) is 1.51. The third kappa shape index (κ3) is 4.71. The Balaban J connectivity index is 2.36. The van der Waals surface area contributed by atoms with Gasteiger partial charge in [0.15, 0.2) is 18.1 Å². The molecule has 0 atom stereocenters. The van der Waals surface area contributed by atoms with Crippen molar-refractivity contribution in [2.45, 2.75) is 6.42 Å². The van der Waals surface area contributed by atoms with E-state index in [1.165, 1.54) is 7.11 Å². The van der Waals surface area contributed by atoms with Crippen LogP contribution in [0.5, 0.6) is 11.5 Å². The van der Waals surface area contributed by atoms with Crippen molar-refractivity contribution >= 4 is 17.9 Å². The second-order valence-electron chi connectivity index (χ2n) is 4.98. The average Bonchev–Trinajstić information content (AvgIpc) is 2.59. The predicted octanol–water partition coefficient (Wildman–Crippen LogP) is 3.64. The lowest BCUT2D eigenvalue weighted by Crippen LogP contribution is -2.11. The topological polar surface area (TPSA) is 68.1 Å². The van der Waals surface area contributed by atoms with E-state index in [4.69, 9.17) is 14.6 Å². The zero-order chi connectivity index (χ0) is 17.4. The molecule has 0 heterocycles. The Kier molecular flexibility index (Phi) is 6.14. The highest BCUT2D eigenvalue weighted by molar-refractivity contribution is 5.84. The van der Waals surface area contributed by atoms with Gasteiger partial charge in [0, 0.05) is 11.8 Å². The minimum absolute atomic E-state index is 0.414. The second-order valence-corrected chi connectivity index (χ2v) is 4.98. The molecule has 0 saturated carbocycles. The molecule has 5 nitrogen and oxygen atoms in total. The zero-order valence-electron chi connectivity index (χ0n) is 13.4. The van der Waals surface area contributed by atoms with E-state index in [0.29, 0.717) is 17.9 Å². The van der Waals surface area contributed by atoms with Crippen molar-refractivity contribution in [3.63, 3.8) is 0 Å². The molecule has 0 saturated heterocycles. The van der Waals surface area contributed by atoms with Crippen molar-refractivity contribution in [2.24, 2.45) is 4.99 Å². The first-order chi connectivity index (χ1) is 11.6. The number of ether oxygens (including phenoxy) is 2. The van der Waals surface area contributed by atoms with Gasteiger partial charge in [-0.25, -0.2) is 4.79 Å². The normalized spacial score (nSPS) is 10.5. The van der Waals surface area contributed by atoms with Crippen LogP contribution >= 0.6 is 0 Å². The van der Waals surface area contributed by atoms with Crippen LogP contribution in [0, 0.1) is 0 Å². The maximum Gasteiger partial charge on any atom is 0.341 e. The Morgan fingerprint density at radius 3 is 2.67 bits per heavy atom. The molecule has 24 heavy (non-hydrogen) atoms. The standard InChI is InChI=1S/C19H19NO4/c1-3-7-15-10-14(12-20-16-8-5-4-6-9-16)11-17(23-2)19(15)24-13-18(21)22/h3-6,8-12H,1,7,13H2,2H3,(H,21,22). The highest BCUT2D eigenvalue weighted by atomic mass is 16.5. The number of para-hydroxylation sites is 1. The number of nitrogens with zero attached hydrogens (tertiary/aromatic N) is 1. The molecule has 0 aliphatic carbocycles. The number of carbonyl (C=O) groups is 1. The van der Waals surface area contributed by atoms with E-state index < -0.39 is 12.6 Å². The largest absolute Gasteiger partial charge is 0.493 e.